The Morgan fingerprint density at radius 2 is 2.23 bits per heavy atom. The third-order valence-electron chi connectivity index (χ3n) is 1.94. The number of aromatic hydroxyl groups is 1. The van der Waals surface area contributed by atoms with Crippen molar-refractivity contribution >= 4 is 11.6 Å². The second-order valence-corrected chi connectivity index (χ2v) is 3.40. The van der Waals surface area contributed by atoms with Crippen LogP contribution < -0.4 is 5.73 Å². The molecule has 0 bridgehead atoms. The number of benzene rings is 1. The maximum Gasteiger partial charge on any atom is 0.166 e. The Balaban J connectivity index is 3.20. The van der Waals surface area contributed by atoms with Crippen LogP contribution in [0.4, 0.5) is 4.39 Å². The van der Waals surface area contributed by atoms with E-state index in [1.807, 2.05) is 0 Å². The maximum atomic E-state index is 13.0. The van der Waals surface area contributed by atoms with E-state index in [9.17, 15) is 9.50 Å². The molecule has 1 aromatic carbocycles. The second-order valence-electron chi connectivity index (χ2n) is 2.96. The van der Waals surface area contributed by atoms with E-state index in [0.29, 0.717) is 12.1 Å². The summed E-state index contributed by atoms with van der Waals surface area (Å²) in [5.41, 5.74) is 5.85. The highest BCUT2D eigenvalue weighted by Crippen LogP contribution is 2.30. The van der Waals surface area contributed by atoms with Gasteiger partial charge < -0.3 is 10.8 Å². The van der Waals surface area contributed by atoms with E-state index in [1.165, 1.54) is 6.07 Å². The van der Waals surface area contributed by atoms with Gasteiger partial charge >= 0.3 is 0 Å². The molecule has 0 fully saturated rings. The molecule has 3 N–H and O–H groups in total. The predicted octanol–water partition coefficient (Wildman–Crippen LogP) is 2.25. The van der Waals surface area contributed by atoms with Crippen LogP contribution in [0.3, 0.4) is 0 Å². The molecule has 0 spiro atoms. The summed E-state index contributed by atoms with van der Waals surface area (Å²) in [6.45, 7) is 2.14. The van der Waals surface area contributed by atoms with Crippen LogP contribution in [0.1, 0.15) is 18.4 Å². The van der Waals surface area contributed by atoms with E-state index >= 15 is 0 Å². The van der Waals surface area contributed by atoms with Crippen LogP contribution in [0.25, 0.3) is 0 Å². The Hall–Kier alpha value is -0.800. The quantitative estimate of drug-likeness (QED) is 0.775. The second kappa shape index (κ2) is 3.94. The van der Waals surface area contributed by atoms with E-state index in [0.717, 1.165) is 6.07 Å². The molecule has 2 nitrogen and oxygen atoms in total. The number of halogens is 2. The van der Waals surface area contributed by atoms with Crippen LogP contribution in [0.15, 0.2) is 12.1 Å². The molecule has 1 aromatic rings. The van der Waals surface area contributed by atoms with Crippen molar-refractivity contribution < 1.29 is 9.50 Å². The van der Waals surface area contributed by atoms with E-state index in [1.54, 1.807) is 6.92 Å². The van der Waals surface area contributed by atoms with Gasteiger partial charge in [-0.05, 0) is 24.6 Å². The largest absolute Gasteiger partial charge is 0.505 e. The van der Waals surface area contributed by atoms with E-state index in [2.05, 4.69) is 0 Å². The molecule has 4 heteroatoms. The monoisotopic (exact) mass is 203 g/mol. The molecule has 1 unspecified atom stereocenters. The molecular formula is C9H11ClFNO. The van der Waals surface area contributed by atoms with Gasteiger partial charge in [-0.3, -0.25) is 0 Å². The van der Waals surface area contributed by atoms with Crippen molar-refractivity contribution in [1.82, 2.24) is 0 Å². The van der Waals surface area contributed by atoms with E-state index < -0.39 is 5.82 Å². The third kappa shape index (κ3) is 2.11. The Bertz CT molecular complexity index is 317. The van der Waals surface area contributed by atoms with Gasteiger partial charge in [0.25, 0.3) is 0 Å². The molecular weight excluding hydrogens is 193 g/mol. The molecule has 0 aliphatic rings. The van der Waals surface area contributed by atoms with Gasteiger partial charge in [-0.2, -0.15) is 0 Å². The summed E-state index contributed by atoms with van der Waals surface area (Å²) in [6, 6.07) is 2.60. The highest BCUT2D eigenvalue weighted by Gasteiger charge is 2.13. The zero-order chi connectivity index (χ0) is 10.0. The lowest BCUT2D eigenvalue weighted by molar-refractivity contribution is 0.422. The van der Waals surface area contributed by atoms with Gasteiger partial charge in [0.05, 0.1) is 0 Å². The Labute approximate surface area is 81.1 Å². The number of nitrogens with two attached hydrogens (primary N) is 1. The summed E-state index contributed by atoms with van der Waals surface area (Å²) >= 11 is 5.63. The number of phenols is 1. The first kappa shape index (κ1) is 10.3. The normalized spacial score (nSPS) is 12.9. The third-order valence-corrected chi connectivity index (χ3v) is 2.16. The van der Waals surface area contributed by atoms with Crippen LogP contribution in [0, 0.1) is 5.82 Å². The molecule has 0 aliphatic heterocycles. The first-order chi connectivity index (χ1) is 6.06. The number of phenolic OH excluding ortho intramolecular Hbond substituents is 1. The molecule has 72 valence electrons. The van der Waals surface area contributed by atoms with Crippen molar-refractivity contribution in [2.45, 2.75) is 12.8 Å². The molecule has 0 aromatic heterocycles. The minimum Gasteiger partial charge on any atom is -0.505 e. The lowest BCUT2D eigenvalue weighted by atomic mass is 10.0. The highest BCUT2D eigenvalue weighted by atomic mass is 35.5. The van der Waals surface area contributed by atoms with Crippen LogP contribution in [-0.2, 0) is 0 Å². The molecule has 0 heterocycles. The molecule has 0 saturated carbocycles. The minimum absolute atomic E-state index is 0.104. The van der Waals surface area contributed by atoms with Gasteiger partial charge in [-0.25, -0.2) is 4.39 Å². The predicted molar refractivity (Wildman–Crippen MR) is 50.5 cm³/mol. The van der Waals surface area contributed by atoms with Crippen LogP contribution >= 0.6 is 11.6 Å². The summed E-state index contributed by atoms with van der Waals surface area (Å²) in [4.78, 5) is 0. The lowest BCUT2D eigenvalue weighted by Crippen LogP contribution is -2.09. The van der Waals surface area contributed by atoms with Crippen LogP contribution in [0.5, 0.6) is 5.75 Å². The molecule has 0 radical (unpaired) electrons. The molecule has 0 aliphatic carbocycles. The van der Waals surface area contributed by atoms with E-state index in [-0.39, 0.29) is 16.7 Å². The first-order valence-electron chi connectivity index (χ1n) is 3.94. The average molecular weight is 204 g/mol. The van der Waals surface area contributed by atoms with Crippen molar-refractivity contribution in [2.24, 2.45) is 5.73 Å². The number of hydrogen-bond donors (Lipinski definition) is 2. The van der Waals surface area contributed by atoms with Gasteiger partial charge in [0.1, 0.15) is 0 Å². The van der Waals surface area contributed by atoms with Crippen molar-refractivity contribution in [3.63, 3.8) is 0 Å². The fourth-order valence-electron chi connectivity index (χ4n) is 1.09. The van der Waals surface area contributed by atoms with Gasteiger partial charge in [0, 0.05) is 10.6 Å². The highest BCUT2D eigenvalue weighted by molar-refractivity contribution is 6.30. The zero-order valence-corrected chi connectivity index (χ0v) is 7.98. The van der Waals surface area contributed by atoms with Crippen molar-refractivity contribution in [1.29, 1.82) is 0 Å². The summed E-state index contributed by atoms with van der Waals surface area (Å²) in [5, 5.41) is 9.60. The smallest absolute Gasteiger partial charge is 0.166 e. The van der Waals surface area contributed by atoms with Crippen molar-refractivity contribution in [3.05, 3.63) is 28.5 Å². The zero-order valence-electron chi connectivity index (χ0n) is 7.22. The standard InChI is InChI=1S/C9H11ClFNO/c1-5(4-12)7-2-6(10)3-8(11)9(7)13/h2-3,5,13H,4,12H2,1H3. The molecule has 13 heavy (non-hydrogen) atoms. The van der Waals surface area contributed by atoms with Crippen LogP contribution in [-0.4, -0.2) is 11.7 Å². The Morgan fingerprint density at radius 3 is 2.77 bits per heavy atom. The SMILES string of the molecule is CC(CN)c1cc(Cl)cc(F)c1O. The van der Waals surface area contributed by atoms with Crippen molar-refractivity contribution in [2.75, 3.05) is 6.54 Å². The summed E-state index contributed by atoms with van der Waals surface area (Å²) in [6.07, 6.45) is 0. The fraction of sp³-hybridized carbons (Fsp3) is 0.333. The lowest BCUT2D eigenvalue weighted by Gasteiger charge is -2.11. The number of rotatable bonds is 2. The summed E-state index contributed by atoms with van der Waals surface area (Å²) < 4.78 is 13.0. The minimum atomic E-state index is -0.706. The topological polar surface area (TPSA) is 46.2 Å². The summed E-state index contributed by atoms with van der Waals surface area (Å²) in [7, 11) is 0. The fourth-order valence-corrected chi connectivity index (χ4v) is 1.30. The van der Waals surface area contributed by atoms with Gasteiger partial charge in [0.2, 0.25) is 0 Å². The average Bonchev–Trinajstić information content (AvgIpc) is 2.10. The molecule has 1 rings (SSSR count). The Morgan fingerprint density at radius 1 is 1.62 bits per heavy atom. The van der Waals surface area contributed by atoms with Gasteiger partial charge in [0.15, 0.2) is 11.6 Å². The van der Waals surface area contributed by atoms with E-state index in [4.69, 9.17) is 17.3 Å². The Kier molecular flexibility index (Phi) is 3.12. The summed E-state index contributed by atoms with van der Waals surface area (Å²) in [5.74, 6) is -1.17. The maximum absolute atomic E-state index is 13.0. The van der Waals surface area contributed by atoms with Crippen molar-refractivity contribution in [3.8, 4) is 5.75 Å². The van der Waals surface area contributed by atoms with Gasteiger partial charge in [-0.15, -0.1) is 0 Å². The first-order valence-corrected chi connectivity index (χ1v) is 4.32. The van der Waals surface area contributed by atoms with Crippen LogP contribution in [0.2, 0.25) is 5.02 Å². The molecule has 1 atom stereocenters. The molecule has 0 amide bonds. The molecule has 0 saturated heterocycles. The number of hydrogen-bond acceptors (Lipinski definition) is 2. The van der Waals surface area contributed by atoms with Gasteiger partial charge in [-0.1, -0.05) is 18.5 Å².